The van der Waals surface area contributed by atoms with Crippen LogP contribution in [0.3, 0.4) is 0 Å². The Balaban J connectivity index is 1.66. The smallest absolute Gasteiger partial charge is 0.248 e. The van der Waals surface area contributed by atoms with Gasteiger partial charge < -0.3 is 20.4 Å². The minimum atomic E-state index is -1.39. The molecule has 3 aromatic heterocycles. The highest BCUT2D eigenvalue weighted by atomic mass is 16.3. The number of primary amides is 1. The van der Waals surface area contributed by atoms with E-state index >= 15 is 0 Å². The predicted molar refractivity (Wildman–Crippen MR) is 128 cm³/mol. The van der Waals surface area contributed by atoms with Gasteiger partial charge in [-0.15, -0.1) is 0 Å². The topological polar surface area (TPSA) is 131 Å². The van der Waals surface area contributed by atoms with E-state index in [4.69, 9.17) is 10.2 Å². The Morgan fingerprint density at radius 1 is 1.03 bits per heavy atom. The molecule has 1 unspecified atom stereocenters. The molecule has 0 bridgehead atoms. The van der Waals surface area contributed by atoms with Gasteiger partial charge in [0.05, 0.1) is 24.7 Å². The molecule has 4 rings (SSSR count). The van der Waals surface area contributed by atoms with Crippen LogP contribution in [0.4, 0.5) is 5.69 Å². The van der Waals surface area contributed by atoms with Crippen molar-refractivity contribution in [2.45, 2.75) is 50.6 Å². The molecule has 0 radical (unpaired) electrons. The van der Waals surface area contributed by atoms with Crippen molar-refractivity contribution in [1.29, 1.82) is 0 Å². The van der Waals surface area contributed by atoms with Crippen molar-refractivity contribution in [3.63, 3.8) is 0 Å². The van der Waals surface area contributed by atoms with Crippen LogP contribution in [0.25, 0.3) is 0 Å². The normalized spacial score (nSPS) is 15.3. The predicted octanol–water partition coefficient (Wildman–Crippen LogP) is 3.39. The SMILES string of the molecule is NC(=O)C(c1ccncc1)(C1CCCC1)N(Cc1ccco1)C(=O)CCC(=O)Nc1cccnc1. The van der Waals surface area contributed by atoms with Crippen molar-refractivity contribution < 1.29 is 18.8 Å². The number of carbonyl (C=O) groups excluding carboxylic acids is 3. The molecular formula is C26H29N5O4. The molecule has 3 amide bonds. The summed E-state index contributed by atoms with van der Waals surface area (Å²) in [5, 5.41) is 2.74. The molecule has 9 heteroatoms. The molecule has 0 aliphatic heterocycles. The quantitative estimate of drug-likeness (QED) is 0.462. The van der Waals surface area contributed by atoms with E-state index in [9.17, 15) is 14.4 Å². The fourth-order valence-electron chi connectivity index (χ4n) is 5.02. The summed E-state index contributed by atoms with van der Waals surface area (Å²) in [6.07, 6.45) is 11.1. The number of nitrogens with one attached hydrogen (secondary N) is 1. The van der Waals surface area contributed by atoms with Crippen LogP contribution in [0, 0.1) is 5.92 Å². The van der Waals surface area contributed by atoms with Crippen LogP contribution >= 0.6 is 0 Å². The first-order valence-electron chi connectivity index (χ1n) is 11.7. The van der Waals surface area contributed by atoms with Crippen LogP contribution < -0.4 is 11.1 Å². The molecule has 1 aliphatic carbocycles. The molecule has 1 fully saturated rings. The van der Waals surface area contributed by atoms with Crippen molar-refractivity contribution in [1.82, 2.24) is 14.9 Å². The Morgan fingerprint density at radius 2 is 1.80 bits per heavy atom. The summed E-state index contributed by atoms with van der Waals surface area (Å²) in [4.78, 5) is 49.2. The highest BCUT2D eigenvalue weighted by molar-refractivity contribution is 5.95. The number of amides is 3. The highest BCUT2D eigenvalue weighted by Gasteiger charge is 2.53. The third kappa shape index (κ3) is 5.24. The summed E-state index contributed by atoms with van der Waals surface area (Å²) in [5.74, 6) is -0.916. The summed E-state index contributed by atoms with van der Waals surface area (Å²) in [6, 6.07) is 10.4. The average Bonchev–Trinajstić information content (AvgIpc) is 3.59. The second-order valence-electron chi connectivity index (χ2n) is 8.70. The number of anilines is 1. The van der Waals surface area contributed by atoms with Crippen LogP contribution in [0.5, 0.6) is 0 Å². The average molecular weight is 476 g/mol. The maximum absolute atomic E-state index is 13.8. The monoisotopic (exact) mass is 475 g/mol. The number of nitrogens with zero attached hydrogens (tertiary/aromatic N) is 3. The first kappa shape index (κ1) is 24.1. The van der Waals surface area contributed by atoms with Gasteiger partial charge in [0.2, 0.25) is 17.7 Å². The molecule has 0 aromatic carbocycles. The molecule has 1 saturated carbocycles. The minimum Gasteiger partial charge on any atom is -0.467 e. The number of aromatic nitrogens is 2. The van der Waals surface area contributed by atoms with Crippen molar-refractivity contribution in [2.75, 3.05) is 5.32 Å². The van der Waals surface area contributed by atoms with Gasteiger partial charge in [0.25, 0.3) is 0 Å². The van der Waals surface area contributed by atoms with Crippen molar-refractivity contribution in [3.05, 3.63) is 78.8 Å². The van der Waals surface area contributed by atoms with Crippen LogP contribution in [0.15, 0.2) is 71.9 Å². The van der Waals surface area contributed by atoms with Gasteiger partial charge in [-0.1, -0.05) is 12.8 Å². The molecule has 1 aliphatic rings. The number of furan rings is 1. The summed E-state index contributed by atoms with van der Waals surface area (Å²) in [5.41, 5.74) is 5.92. The second kappa shape index (κ2) is 10.9. The number of hydrogen-bond acceptors (Lipinski definition) is 6. The van der Waals surface area contributed by atoms with E-state index < -0.39 is 11.4 Å². The van der Waals surface area contributed by atoms with Gasteiger partial charge in [0.15, 0.2) is 0 Å². The highest BCUT2D eigenvalue weighted by Crippen LogP contribution is 2.45. The first-order valence-corrected chi connectivity index (χ1v) is 11.7. The van der Waals surface area contributed by atoms with Crippen LogP contribution in [0.2, 0.25) is 0 Å². The van der Waals surface area contributed by atoms with Crippen molar-refractivity contribution >= 4 is 23.4 Å². The third-order valence-electron chi connectivity index (χ3n) is 6.57. The molecule has 3 heterocycles. The largest absolute Gasteiger partial charge is 0.467 e. The maximum Gasteiger partial charge on any atom is 0.248 e. The van der Waals surface area contributed by atoms with E-state index in [2.05, 4.69) is 15.3 Å². The Labute approximate surface area is 203 Å². The zero-order valence-electron chi connectivity index (χ0n) is 19.4. The number of carbonyl (C=O) groups is 3. The fourth-order valence-corrected chi connectivity index (χ4v) is 5.02. The van der Waals surface area contributed by atoms with E-state index in [1.807, 2.05) is 0 Å². The minimum absolute atomic E-state index is 0.0534. The lowest BCUT2D eigenvalue weighted by atomic mass is 9.74. The molecule has 9 nitrogen and oxygen atoms in total. The lowest BCUT2D eigenvalue weighted by Gasteiger charge is -2.45. The number of hydrogen-bond donors (Lipinski definition) is 2. The summed E-state index contributed by atoms with van der Waals surface area (Å²) in [6.45, 7) is 0.0534. The van der Waals surface area contributed by atoms with Gasteiger partial charge in [-0.05, 0) is 60.7 Å². The summed E-state index contributed by atoms with van der Waals surface area (Å²) >= 11 is 0. The molecular weight excluding hydrogens is 446 g/mol. The second-order valence-corrected chi connectivity index (χ2v) is 8.70. The van der Waals surface area contributed by atoms with Gasteiger partial charge in [-0.2, -0.15) is 0 Å². The Kier molecular flexibility index (Phi) is 7.54. The molecule has 0 saturated heterocycles. The van der Waals surface area contributed by atoms with Crippen LogP contribution in [-0.2, 0) is 26.5 Å². The lowest BCUT2D eigenvalue weighted by Crippen LogP contribution is -2.60. The van der Waals surface area contributed by atoms with Crippen LogP contribution in [-0.4, -0.2) is 32.6 Å². The fraction of sp³-hybridized carbons (Fsp3) is 0.346. The molecule has 182 valence electrons. The standard InChI is InChI=1S/C26H29N5O4/c27-25(34)26(19-5-1-2-6-19,20-11-14-28-15-12-20)31(18-22-8-4-16-35-22)24(33)10-9-23(32)30-21-7-3-13-29-17-21/h3-4,7-8,11-17,19H,1-2,5-6,9-10,18H2,(H2,27,34)(H,30,32). The Hall–Kier alpha value is -4.01. The van der Waals surface area contributed by atoms with E-state index in [1.165, 1.54) is 17.4 Å². The Morgan fingerprint density at radius 3 is 2.43 bits per heavy atom. The van der Waals surface area contributed by atoms with Crippen molar-refractivity contribution in [3.8, 4) is 0 Å². The van der Waals surface area contributed by atoms with Gasteiger partial charge in [-0.25, -0.2) is 0 Å². The molecule has 35 heavy (non-hydrogen) atoms. The maximum atomic E-state index is 13.8. The zero-order valence-corrected chi connectivity index (χ0v) is 19.4. The summed E-state index contributed by atoms with van der Waals surface area (Å²) in [7, 11) is 0. The van der Waals surface area contributed by atoms with E-state index in [1.54, 1.807) is 55.0 Å². The molecule has 3 aromatic rings. The zero-order chi connectivity index (χ0) is 24.7. The molecule has 3 N–H and O–H groups in total. The van der Waals surface area contributed by atoms with Gasteiger partial charge >= 0.3 is 0 Å². The third-order valence-corrected chi connectivity index (χ3v) is 6.57. The number of pyridine rings is 2. The van der Waals surface area contributed by atoms with E-state index in [-0.39, 0.29) is 37.1 Å². The molecule has 0 spiro atoms. The number of rotatable bonds is 10. The first-order chi connectivity index (χ1) is 17.0. The van der Waals surface area contributed by atoms with Gasteiger partial charge in [0.1, 0.15) is 11.3 Å². The van der Waals surface area contributed by atoms with Gasteiger partial charge in [0, 0.05) is 31.4 Å². The molecule has 1 atom stereocenters. The summed E-state index contributed by atoms with van der Waals surface area (Å²) < 4.78 is 5.55. The van der Waals surface area contributed by atoms with Crippen LogP contribution in [0.1, 0.15) is 49.8 Å². The van der Waals surface area contributed by atoms with E-state index in [0.29, 0.717) is 17.0 Å². The number of nitrogens with two attached hydrogens (primary N) is 1. The lowest BCUT2D eigenvalue weighted by molar-refractivity contribution is -0.153. The van der Waals surface area contributed by atoms with Gasteiger partial charge in [-0.3, -0.25) is 24.4 Å². The Bertz CT molecular complexity index is 1130. The van der Waals surface area contributed by atoms with Crippen molar-refractivity contribution in [2.24, 2.45) is 11.7 Å². The van der Waals surface area contributed by atoms with E-state index in [0.717, 1.165) is 25.7 Å².